The normalized spacial score (nSPS) is 18.3. The first-order valence-electron chi connectivity index (χ1n) is 5.59. The lowest BCUT2D eigenvalue weighted by molar-refractivity contribution is 0.255. The molecule has 0 saturated carbocycles. The van der Waals surface area contributed by atoms with Crippen LogP contribution in [0.15, 0.2) is 22.7 Å². The van der Waals surface area contributed by atoms with E-state index in [2.05, 4.69) is 40.0 Å². The van der Waals surface area contributed by atoms with Crippen LogP contribution in [0.3, 0.4) is 0 Å². The molecule has 1 fully saturated rings. The fourth-order valence-electron chi connectivity index (χ4n) is 2.25. The average Bonchev–Trinajstić information content (AvgIpc) is 2.30. The Morgan fingerprint density at radius 1 is 1.38 bits per heavy atom. The summed E-state index contributed by atoms with van der Waals surface area (Å²) in [5, 5.41) is 8.82. The summed E-state index contributed by atoms with van der Waals surface area (Å²) in [6.45, 7) is 2.33. The van der Waals surface area contributed by atoms with Crippen molar-refractivity contribution in [3.63, 3.8) is 0 Å². The molecule has 2 rings (SSSR count). The average molecular weight is 279 g/mol. The van der Waals surface area contributed by atoms with Gasteiger partial charge in [0.25, 0.3) is 0 Å². The van der Waals surface area contributed by atoms with Crippen LogP contribution in [0.25, 0.3) is 0 Å². The molecule has 16 heavy (non-hydrogen) atoms. The third-order valence-corrected chi connectivity index (χ3v) is 3.97. The van der Waals surface area contributed by atoms with Crippen LogP contribution in [0.4, 0.5) is 0 Å². The van der Waals surface area contributed by atoms with E-state index in [-0.39, 0.29) is 0 Å². The van der Waals surface area contributed by atoms with Gasteiger partial charge in [0.05, 0.1) is 11.6 Å². The van der Waals surface area contributed by atoms with Gasteiger partial charge in [0.2, 0.25) is 0 Å². The Morgan fingerprint density at radius 3 is 2.62 bits per heavy atom. The van der Waals surface area contributed by atoms with Gasteiger partial charge in [0.15, 0.2) is 0 Å². The van der Waals surface area contributed by atoms with Gasteiger partial charge in [-0.25, -0.2) is 0 Å². The lowest BCUT2D eigenvalue weighted by Gasteiger charge is -2.29. The SMILES string of the molecule is CN1CCC(c2ccc(C#N)cc2Br)CC1. The molecule has 0 aliphatic carbocycles. The van der Waals surface area contributed by atoms with Crippen molar-refractivity contribution in [1.82, 2.24) is 4.90 Å². The van der Waals surface area contributed by atoms with Gasteiger partial charge in [-0.15, -0.1) is 0 Å². The predicted molar refractivity (Wildman–Crippen MR) is 68.3 cm³/mol. The van der Waals surface area contributed by atoms with E-state index in [4.69, 9.17) is 5.26 Å². The van der Waals surface area contributed by atoms with Crippen molar-refractivity contribution in [3.8, 4) is 6.07 Å². The largest absolute Gasteiger partial charge is 0.306 e. The summed E-state index contributed by atoms with van der Waals surface area (Å²) in [5.74, 6) is 0.637. The van der Waals surface area contributed by atoms with Gasteiger partial charge in [-0.3, -0.25) is 0 Å². The van der Waals surface area contributed by atoms with E-state index in [1.165, 1.54) is 18.4 Å². The highest BCUT2D eigenvalue weighted by Crippen LogP contribution is 2.33. The summed E-state index contributed by atoms with van der Waals surface area (Å²) < 4.78 is 1.08. The molecular formula is C13H15BrN2. The summed E-state index contributed by atoms with van der Waals surface area (Å²) in [7, 11) is 2.17. The number of nitriles is 1. The van der Waals surface area contributed by atoms with Gasteiger partial charge in [-0.1, -0.05) is 22.0 Å². The van der Waals surface area contributed by atoms with Crippen molar-refractivity contribution in [2.45, 2.75) is 18.8 Å². The van der Waals surface area contributed by atoms with Gasteiger partial charge < -0.3 is 4.90 Å². The molecule has 1 aromatic carbocycles. The number of nitrogens with zero attached hydrogens (tertiary/aromatic N) is 2. The highest BCUT2D eigenvalue weighted by Gasteiger charge is 2.20. The number of hydrogen-bond acceptors (Lipinski definition) is 2. The minimum atomic E-state index is 0.637. The molecule has 0 N–H and O–H groups in total. The van der Waals surface area contributed by atoms with E-state index in [0.29, 0.717) is 5.92 Å². The van der Waals surface area contributed by atoms with Gasteiger partial charge in [0.1, 0.15) is 0 Å². The second-order valence-corrected chi connectivity index (χ2v) is 5.28. The molecule has 0 radical (unpaired) electrons. The standard InChI is InChI=1S/C13H15BrN2/c1-16-6-4-11(5-7-16)12-3-2-10(9-15)8-13(12)14/h2-3,8,11H,4-7H2,1H3. The minimum Gasteiger partial charge on any atom is -0.306 e. The van der Waals surface area contributed by atoms with Gasteiger partial charge >= 0.3 is 0 Å². The summed E-state index contributed by atoms with van der Waals surface area (Å²) in [4.78, 5) is 2.37. The van der Waals surface area contributed by atoms with Crippen molar-refractivity contribution < 1.29 is 0 Å². The van der Waals surface area contributed by atoms with Gasteiger partial charge in [0, 0.05) is 4.47 Å². The molecule has 1 aliphatic heterocycles. The topological polar surface area (TPSA) is 27.0 Å². The number of halogens is 1. The van der Waals surface area contributed by atoms with Crippen molar-refractivity contribution in [1.29, 1.82) is 5.26 Å². The van der Waals surface area contributed by atoms with Crippen LogP contribution in [0, 0.1) is 11.3 Å². The Morgan fingerprint density at radius 2 is 2.06 bits per heavy atom. The van der Waals surface area contributed by atoms with E-state index in [9.17, 15) is 0 Å². The maximum absolute atomic E-state index is 8.82. The number of rotatable bonds is 1. The molecule has 0 unspecified atom stereocenters. The number of piperidine rings is 1. The molecule has 0 amide bonds. The quantitative estimate of drug-likeness (QED) is 0.789. The van der Waals surface area contributed by atoms with Crippen LogP contribution in [0.5, 0.6) is 0 Å². The van der Waals surface area contributed by atoms with E-state index in [0.717, 1.165) is 23.1 Å². The Balaban J connectivity index is 2.18. The second kappa shape index (κ2) is 4.99. The van der Waals surface area contributed by atoms with Crippen LogP contribution < -0.4 is 0 Å². The first-order valence-corrected chi connectivity index (χ1v) is 6.38. The second-order valence-electron chi connectivity index (χ2n) is 4.43. The molecule has 0 bridgehead atoms. The zero-order chi connectivity index (χ0) is 11.5. The first-order chi connectivity index (χ1) is 7.70. The highest BCUT2D eigenvalue weighted by atomic mass is 79.9. The highest BCUT2D eigenvalue weighted by molar-refractivity contribution is 9.10. The maximum Gasteiger partial charge on any atom is 0.0992 e. The molecule has 3 heteroatoms. The number of benzene rings is 1. The van der Waals surface area contributed by atoms with E-state index < -0.39 is 0 Å². The van der Waals surface area contributed by atoms with Gasteiger partial charge in [-0.05, 0) is 56.6 Å². The van der Waals surface area contributed by atoms with Crippen molar-refractivity contribution in [2.75, 3.05) is 20.1 Å². The molecule has 1 aliphatic rings. The Kier molecular flexibility index (Phi) is 3.63. The van der Waals surface area contributed by atoms with E-state index in [1.54, 1.807) is 0 Å². The minimum absolute atomic E-state index is 0.637. The lowest BCUT2D eigenvalue weighted by atomic mass is 9.89. The third-order valence-electron chi connectivity index (χ3n) is 3.29. The number of likely N-dealkylation sites (tertiary alicyclic amines) is 1. The first kappa shape index (κ1) is 11.6. The Hall–Kier alpha value is -0.850. The molecule has 0 aromatic heterocycles. The summed E-state index contributed by atoms with van der Waals surface area (Å²) >= 11 is 3.57. The summed E-state index contributed by atoms with van der Waals surface area (Å²) in [6.07, 6.45) is 2.42. The van der Waals surface area contributed by atoms with Crippen LogP contribution in [-0.2, 0) is 0 Å². The third kappa shape index (κ3) is 2.45. The fourth-order valence-corrected chi connectivity index (χ4v) is 2.95. The molecule has 1 saturated heterocycles. The van der Waals surface area contributed by atoms with Crippen LogP contribution in [-0.4, -0.2) is 25.0 Å². The molecule has 1 heterocycles. The van der Waals surface area contributed by atoms with Crippen molar-refractivity contribution in [3.05, 3.63) is 33.8 Å². The van der Waals surface area contributed by atoms with E-state index >= 15 is 0 Å². The molecule has 0 atom stereocenters. The molecule has 2 nitrogen and oxygen atoms in total. The zero-order valence-electron chi connectivity index (χ0n) is 9.41. The van der Waals surface area contributed by atoms with Crippen molar-refractivity contribution in [2.24, 2.45) is 0 Å². The molecule has 0 spiro atoms. The van der Waals surface area contributed by atoms with Crippen LogP contribution >= 0.6 is 15.9 Å². The number of hydrogen-bond donors (Lipinski definition) is 0. The van der Waals surface area contributed by atoms with Gasteiger partial charge in [-0.2, -0.15) is 5.26 Å². The molecule has 1 aromatic rings. The predicted octanol–water partition coefficient (Wildman–Crippen LogP) is 3.13. The monoisotopic (exact) mass is 278 g/mol. The zero-order valence-corrected chi connectivity index (χ0v) is 11.0. The van der Waals surface area contributed by atoms with E-state index in [1.807, 2.05) is 12.1 Å². The van der Waals surface area contributed by atoms with Crippen molar-refractivity contribution >= 4 is 15.9 Å². The maximum atomic E-state index is 8.82. The van der Waals surface area contributed by atoms with Crippen LogP contribution in [0.1, 0.15) is 29.9 Å². The summed E-state index contributed by atoms with van der Waals surface area (Å²) in [6, 6.07) is 8.10. The Labute approximate surface area is 105 Å². The lowest BCUT2D eigenvalue weighted by Crippen LogP contribution is -2.29. The molecule has 84 valence electrons. The Bertz CT molecular complexity index is 414. The van der Waals surface area contributed by atoms with Crippen LogP contribution in [0.2, 0.25) is 0 Å². The smallest absolute Gasteiger partial charge is 0.0992 e. The fraction of sp³-hybridized carbons (Fsp3) is 0.462. The summed E-state index contributed by atoms with van der Waals surface area (Å²) in [5.41, 5.74) is 2.08. The molecular weight excluding hydrogens is 264 g/mol.